The molecule has 29 heavy (non-hydrogen) atoms. The number of carbonyl (C=O) groups excluding carboxylic acids is 1. The SMILES string of the molecule is CNC(CC(=O)N1CCN(C(=N)C(F)(F)F)C(=N)C1)CC1CC(P)C(F)CC1F. The molecular weight excluding hydrogens is 416 g/mol. The number of carbonyl (C=O) groups is 1. The molecule has 166 valence electrons. The van der Waals surface area contributed by atoms with Gasteiger partial charge in [0.1, 0.15) is 18.2 Å². The molecule has 0 radical (unpaired) electrons. The molecule has 1 amide bonds. The summed E-state index contributed by atoms with van der Waals surface area (Å²) in [4.78, 5) is 14.4. The van der Waals surface area contributed by atoms with E-state index in [-0.39, 0.29) is 56.0 Å². The first-order chi connectivity index (χ1) is 13.4. The zero-order valence-electron chi connectivity index (χ0n) is 16.1. The third kappa shape index (κ3) is 6.07. The lowest BCUT2D eigenvalue weighted by Gasteiger charge is -2.38. The van der Waals surface area contributed by atoms with E-state index in [0.29, 0.717) is 17.7 Å². The van der Waals surface area contributed by atoms with Crippen LogP contribution in [0.25, 0.3) is 0 Å². The average Bonchev–Trinajstić information content (AvgIpc) is 2.63. The Morgan fingerprint density at radius 1 is 1.28 bits per heavy atom. The fraction of sp³-hybridized carbons (Fsp3) is 0.824. The molecule has 6 atom stereocenters. The van der Waals surface area contributed by atoms with Gasteiger partial charge in [-0.1, -0.05) is 0 Å². The number of amides is 1. The molecule has 2 aliphatic rings. The van der Waals surface area contributed by atoms with Crippen LogP contribution in [0.5, 0.6) is 0 Å². The fourth-order valence-corrected chi connectivity index (χ4v) is 4.30. The molecule has 1 heterocycles. The normalized spacial score (nSPS) is 29.7. The summed E-state index contributed by atoms with van der Waals surface area (Å²) in [5.74, 6) is -2.82. The standard InChI is InChI=1S/C17H27F5N5OP/c1-25-10(4-9-5-13(29)12(19)7-11(9)18)6-15(28)26-2-3-27(14(23)8-26)16(24)17(20,21)22/h9-13,23-25H,2-8,29H2,1H3. The molecule has 0 aromatic heterocycles. The summed E-state index contributed by atoms with van der Waals surface area (Å²) in [6, 6.07) is -0.361. The third-order valence-corrected chi connectivity index (χ3v) is 6.26. The molecule has 0 aromatic carbocycles. The van der Waals surface area contributed by atoms with Crippen molar-refractivity contribution in [2.24, 2.45) is 5.92 Å². The van der Waals surface area contributed by atoms with Crippen molar-refractivity contribution in [1.29, 1.82) is 10.8 Å². The molecule has 1 saturated heterocycles. The van der Waals surface area contributed by atoms with E-state index in [1.54, 1.807) is 7.05 Å². The highest BCUT2D eigenvalue weighted by atomic mass is 31.0. The summed E-state index contributed by atoms with van der Waals surface area (Å²) in [6.07, 6.45) is -6.78. The maximum atomic E-state index is 14.2. The van der Waals surface area contributed by atoms with Crippen molar-refractivity contribution < 1.29 is 26.7 Å². The van der Waals surface area contributed by atoms with Crippen LogP contribution < -0.4 is 5.32 Å². The van der Waals surface area contributed by atoms with E-state index >= 15 is 0 Å². The van der Waals surface area contributed by atoms with Crippen LogP contribution in [0.1, 0.15) is 25.7 Å². The van der Waals surface area contributed by atoms with Crippen molar-refractivity contribution in [2.75, 3.05) is 26.7 Å². The Bertz CT molecular complexity index is 634. The Balaban J connectivity index is 1.90. The van der Waals surface area contributed by atoms with Crippen LogP contribution in [0.2, 0.25) is 0 Å². The van der Waals surface area contributed by atoms with Gasteiger partial charge in [0.15, 0.2) is 0 Å². The summed E-state index contributed by atoms with van der Waals surface area (Å²) in [5, 5.41) is 17.9. The van der Waals surface area contributed by atoms with Gasteiger partial charge in [-0.25, -0.2) is 8.78 Å². The number of hydrogen-bond acceptors (Lipinski definition) is 4. The monoisotopic (exact) mass is 443 g/mol. The van der Waals surface area contributed by atoms with Gasteiger partial charge in [0.25, 0.3) is 0 Å². The number of hydrogen-bond donors (Lipinski definition) is 3. The lowest BCUT2D eigenvalue weighted by molar-refractivity contribution is -0.131. The number of nitrogens with zero attached hydrogens (tertiary/aromatic N) is 2. The quantitative estimate of drug-likeness (QED) is 0.264. The zero-order chi connectivity index (χ0) is 21.9. The number of amidine groups is 2. The van der Waals surface area contributed by atoms with Crippen molar-refractivity contribution in [3.05, 3.63) is 0 Å². The first-order valence-corrected chi connectivity index (χ1v) is 10.1. The van der Waals surface area contributed by atoms with E-state index in [0.717, 1.165) is 0 Å². The van der Waals surface area contributed by atoms with Crippen LogP contribution in [0.15, 0.2) is 0 Å². The van der Waals surface area contributed by atoms with Crippen molar-refractivity contribution in [3.63, 3.8) is 0 Å². The molecule has 3 N–H and O–H groups in total. The van der Waals surface area contributed by atoms with Gasteiger partial charge in [-0.15, -0.1) is 9.24 Å². The van der Waals surface area contributed by atoms with E-state index in [1.807, 2.05) is 0 Å². The van der Waals surface area contributed by atoms with Gasteiger partial charge in [0, 0.05) is 37.6 Å². The maximum absolute atomic E-state index is 14.2. The molecule has 2 rings (SSSR count). The molecular formula is C17H27F5N5OP. The Kier molecular flexibility index (Phi) is 7.95. The first-order valence-electron chi connectivity index (χ1n) is 9.43. The maximum Gasteiger partial charge on any atom is 0.449 e. The number of halogens is 5. The summed E-state index contributed by atoms with van der Waals surface area (Å²) in [7, 11) is 4.03. The second kappa shape index (κ2) is 9.64. The zero-order valence-corrected chi connectivity index (χ0v) is 17.3. The fourth-order valence-electron chi connectivity index (χ4n) is 3.79. The minimum Gasteiger partial charge on any atom is -0.333 e. The molecule has 12 heteroatoms. The van der Waals surface area contributed by atoms with Crippen LogP contribution in [-0.2, 0) is 4.79 Å². The smallest absolute Gasteiger partial charge is 0.333 e. The lowest BCUT2D eigenvalue weighted by atomic mass is 9.81. The van der Waals surface area contributed by atoms with Crippen molar-refractivity contribution in [1.82, 2.24) is 15.1 Å². The van der Waals surface area contributed by atoms with E-state index in [2.05, 4.69) is 14.6 Å². The number of rotatable bonds is 5. The van der Waals surface area contributed by atoms with Crippen LogP contribution in [-0.4, -0.2) is 84.3 Å². The van der Waals surface area contributed by atoms with Crippen LogP contribution in [0.4, 0.5) is 22.0 Å². The van der Waals surface area contributed by atoms with E-state index in [9.17, 15) is 26.7 Å². The molecule has 1 aliphatic carbocycles. The molecule has 0 aromatic rings. The van der Waals surface area contributed by atoms with Crippen LogP contribution >= 0.6 is 9.24 Å². The molecule has 2 fully saturated rings. The van der Waals surface area contributed by atoms with Crippen molar-refractivity contribution >= 4 is 26.8 Å². The molecule has 6 unspecified atom stereocenters. The minimum atomic E-state index is -4.85. The lowest BCUT2D eigenvalue weighted by Crippen LogP contribution is -2.56. The Hall–Kier alpha value is -1.35. The number of piperazine rings is 1. The molecule has 6 nitrogen and oxygen atoms in total. The van der Waals surface area contributed by atoms with Gasteiger partial charge in [-0.2, -0.15) is 13.2 Å². The summed E-state index contributed by atoms with van der Waals surface area (Å²) in [6.45, 7) is -0.641. The number of alkyl halides is 5. The highest BCUT2D eigenvalue weighted by Crippen LogP contribution is 2.36. The highest BCUT2D eigenvalue weighted by Gasteiger charge is 2.42. The Morgan fingerprint density at radius 2 is 1.93 bits per heavy atom. The Morgan fingerprint density at radius 3 is 2.48 bits per heavy atom. The van der Waals surface area contributed by atoms with Gasteiger partial charge in [0.05, 0.1) is 6.54 Å². The predicted molar refractivity (Wildman–Crippen MR) is 103 cm³/mol. The highest BCUT2D eigenvalue weighted by molar-refractivity contribution is 7.17. The van der Waals surface area contributed by atoms with Crippen LogP contribution in [0, 0.1) is 16.7 Å². The predicted octanol–water partition coefficient (Wildman–Crippen LogP) is 2.35. The van der Waals surface area contributed by atoms with Gasteiger partial charge >= 0.3 is 6.18 Å². The summed E-state index contributed by atoms with van der Waals surface area (Å²) >= 11 is 0. The summed E-state index contributed by atoms with van der Waals surface area (Å²) < 4.78 is 65.9. The van der Waals surface area contributed by atoms with Gasteiger partial charge < -0.3 is 15.1 Å². The molecule has 0 bridgehead atoms. The largest absolute Gasteiger partial charge is 0.449 e. The van der Waals surface area contributed by atoms with E-state index in [4.69, 9.17) is 10.8 Å². The van der Waals surface area contributed by atoms with Gasteiger partial charge in [-0.05, 0) is 25.8 Å². The summed E-state index contributed by atoms with van der Waals surface area (Å²) in [5.41, 5.74) is -0.322. The average molecular weight is 443 g/mol. The Labute approximate surface area is 168 Å². The minimum absolute atomic E-state index is 0.00426. The van der Waals surface area contributed by atoms with E-state index < -0.39 is 30.2 Å². The molecule has 1 saturated carbocycles. The van der Waals surface area contributed by atoms with Gasteiger partial charge in [0.2, 0.25) is 11.7 Å². The molecule has 1 aliphatic heterocycles. The topological polar surface area (TPSA) is 83.3 Å². The van der Waals surface area contributed by atoms with Crippen molar-refractivity contribution in [3.8, 4) is 0 Å². The number of nitrogens with one attached hydrogen (secondary N) is 3. The molecule has 0 spiro atoms. The van der Waals surface area contributed by atoms with E-state index in [1.165, 1.54) is 4.90 Å². The first kappa shape index (κ1) is 23.9. The second-order valence-electron chi connectivity index (χ2n) is 7.61. The second-order valence-corrected chi connectivity index (χ2v) is 8.47. The van der Waals surface area contributed by atoms with Crippen molar-refractivity contribution in [2.45, 2.75) is 55.9 Å². The van der Waals surface area contributed by atoms with Crippen LogP contribution in [0.3, 0.4) is 0 Å². The van der Waals surface area contributed by atoms with Gasteiger partial charge in [-0.3, -0.25) is 15.6 Å². The third-order valence-electron chi connectivity index (χ3n) is 5.57.